The number of nitrogens with one attached hydrogen (secondary N) is 1. The maximum Gasteiger partial charge on any atom is 0.258 e. The molecule has 0 spiro atoms. The van der Waals surface area contributed by atoms with Gasteiger partial charge >= 0.3 is 0 Å². The molecule has 2 heterocycles. The molecule has 0 saturated heterocycles. The Balaban J connectivity index is 1.89. The maximum absolute atomic E-state index is 12.5. The van der Waals surface area contributed by atoms with E-state index in [2.05, 4.69) is 15.5 Å². The van der Waals surface area contributed by atoms with E-state index in [1.807, 2.05) is 4.57 Å². The molecule has 0 aliphatic carbocycles. The number of anilines is 1. The fourth-order valence-corrected chi connectivity index (χ4v) is 3.19. The summed E-state index contributed by atoms with van der Waals surface area (Å²) in [6.07, 6.45) is 0. The number of hydrogen-bond donors (Lipinski definition) is 1. The van der Waals surface area contributed by atoms with Gasteiger partial charge in [-0.15, -0.1) is 10.2 Å². The lowest BCUT2D eigenvalue weighted by atomic mass is 10.1. The highest BCUT2D eigenvalue weighted by Crippen LogP contribution is 2.38. The molecular formula is C14H16N4O4S. The van der Waals surface area contributed by atoms with Gasteiger partial charge in [0.05, 0.1) is 21.3 Å². The standard InChI is InChI=1S/C14H16N4O4S/c1-20-9-6-8(7-10(21-2)11(9)22-3)12(19)15-13-16-17-14-18(13)4-5-23-14/h6-7H,4-5H2,1-3H3,(H,15,16,19). The summed E-state index contributed by atoms with van der Waals surface area (Å²) in [5.41, 5.74) is 0.377. The molecule has 0 saturated carbocycles. The minimum Gasteiger partial charge on any atom is -0.493 e. The van der Waals surface area contributed by atoms with E-state index in [-0.39, 0.29) is 5.91 Å². The number of carbonyl (C=O) groups is 1. The molecule has 2 aromatic rings. The van der Waals surface area contributed by atoms with Gasteiger partial charge in [0.2, 0.25) is 11.7 Å². The quantitative estimate of drug-likeness (QED) is 0.888. The predicted molar refractivity (Wildman–Crippen MR) is 84.8 cm³/mol. The fourth-order valence-electron chi connectivity index (χ4n) is 2.30. The molecule has 0 radical (unpaired) electrons. The van der Waals surface area contributed by atoms with Crippen molar-refractivity contribution >= 4 is 23.6 Å². The predicted octanol–water partition coefficient (Wildman–Crippen LogP) is 1.66. The Bertz CT molecular complexity index is 721. The SMILES string of the molecule is COc1cc(C(=O)Nc2nnc3n2CCS3)cc(OC)c1OC. The van der Waals surface area contributed by atoms with Crippen molar-refractivity contribution < 1.29 is 19.0 Å². The van der Waals surface area contributed by atoms with E-state index >= 15 is 0 Å². The zero-order valence-corrected chi connectivity index (χ0v) is 13.8. The Morgan fingerprint density at radius 2 is 1.87 bits per heavy atom. The lowest BCUT2D eigenvalue weighted by molar-refractivity contribution is 0.102. The number of carbonyl (C=O) groups excluding carboxylic acids is 1. The van der Waals surface area contributed by atoms with Gasteiger partial charge < -0.3 is 14.2 Å². The highest BCUT2D eigenvalue weighted by Gasteiger charge is 2.22. The molecule has 0 bridgehead atoms. The molecule has 1 N–H and O–H groups in total. The van der Waals surface area contributed by atoms with E-state index in [4.69, 9.17) is 14.2 Å². The van der Waals surface area contributed by atoms with Crippen molar-refractivity contribution in [3.8, 4) is 17.2 Å². The van der Waals surface area contributed by atoms with Crippen LogP contribution in [0.25, 0.3) is 0 Å². The van der Waals surface area contributed by atoms with Gasteiger partial charge in [0, 0.05) is 17.9 Å². The topological polar surface area (TPSA) is 87.5 Å². The maximum atomic E-state index is 12.5. The van der Waals surface area contributed by atoms with Gasteiger partial charge in [-0.1, -0.05) is 11.8 Å². The van der Waals surface area contributed by atoms with E-state index < -0.39 is 0 Å². The highest BCUT2D eigenvalue weighted by atomic mass is 32.2. The molecule has 0 fully saturated rings. The smallest absolute Gasteiger partial charge is 0.258 e. The first kappa shape index (κ1) is 15.5. The first-order valence-corrected chi connectivity index (χ1v) is 7.83. The largest absolute Gasteiger partial charge is 0.493 e. The van der Waals surface area contributed by atoms with Crippen LogP contribution in [-0.4, -0.2) is 47.8 Å². The van der Waals surface area contributed by atoms with Crippen LogP contribution in [0.4, 0.5) is 5.95 Å². The summed E-state index contributed by atoms with van der Waals surface area (Å²) in [4.78, 5) is 12.5. The zero-order valence-electron chi connectivity index (χ0n) is 13.0. The number of methoxy groups -OCH3 is 3. The average molecular weight is 336 g/mol. The normalized spacial score (nSPS) is 12.7. The van der Waals surface area contributed by atoms with Crippen LogP contribution in [0.3, 0.4) is 0 Å². The summed E-state index contributed by atoms with van der Waals surface area (Å²) < 4.78 is 17.6. The van der Waals surface area contributed by atoms with Gasteiger partial charge in [-0.2, -0.15) is 0 Å². The minimum atomic E-state index is -0.323. The monoisotopic (exact) mass is 336 g/mol. The van der Waals surface area contributed by atoms with Crippen LogP contribution in [0.1, 0.15) is 10.4 Å². The third-order valence-electron chi connectivity index (χ3n) is 3.42. The van der Waals surface area contributed by atoms with Gasteiger partial charge in [0.1, 0.15) is 0 Å². The van der Waals surface area contributed by atoms with Crippen molar-refractivity contribution in [2.24, 2.45) is 0 Å². The molecule has 1 amide bonds. The van der Waals surface area contributed by atoms with E-state index in [1.54, 1.807) is 23.9 Å². The second-order valence-corrected chi connectivity index (χ2v) is 5.74. The number of ether oxygens (including phenoxy) is 3. The minimum absolute atomic E-state index is 0.323. The number of rotatable bonds is 5. The van der Waals surface area contributed by atoms with E-state index in [0.717, 1.165) is 17.5 Å². The second-order valence-electron chi connectivity index (χ2n) is 4.67. The second kappa shape index (κ2) is 6.37. The molecule has 1 aliphatic heterocycles. The molecule has 0 atom stereocenters. The summed E-state index contributed by atoms with van der Waals surface area (Å²) in [6.45, 7) is 0.776. The van der Waals surface area contributed by atoms with Crippen LogP contribution >= 0.6 is 11.8 Å². The summed E-state index contributed by atoms with van der Waals surface area (Å²) in [5.74, 6) is 2.31. The summed E-state index contributed by atoms with van der Waals surface area (Å²) in [7, 11) is 4.51. The molecule has 0 unspecified atom stereocenters. The molecule has 122 valence electrons. The van der Waals surface area contributed by atoms with Crippen molar-refractivity contribution in [2.75, 3.05) is 32.4 Å². The molecule has 9 heteroatoms. The van der Waals surface area contributed by atoms with Crippen molar-refractivity contribution in [3.63, 3.8) is 0 Å². The van der Waals surface area contributed by atoms with Gasteiger partial charge in [-0.05, 0) is 12.1 Å². The summed E-state index contributed by atoms with van der Waals surface area (Å²) >= 11 is 1.61. The average Bonchev–Trinajstić information content (AvgIpc) is 3.18. The van der Waals surface area contributed by atoms with Gasteiger partial charge in [-0.3, -0.25) is 14.7 Å². The zero-order chi connectivity index (χ0) is 16.4. The highest BCUT2D eigenvalue weighted by molar-refractivity contribution is 7.99. The lowest BCUT2D eigenvalue weighted by Crippen LogP contribution is -2.16. The molecule has 1 aromatic heterocycles. The van der Waals surface area contributed by atoms with Crippen LogP contribution in [-0.2, 0) is 6.54 Å². The van der Waals surface area contributed by atoms with Crippen LogP contribution < -0.4 is 19.5 Å². The van der Waals surface area contributed by atoms with E-state index in [9.17, 15) is 4.79 Å². The number of benzene rings is 1. The molecule has 23 heavy (non-hydrogen) atoms. The van der Waals surface area contributed by atoms with Gasteiger partial charge in [-0.25, -0.2) is 0 Å². The Hall–Kier alpha value is -2.42. The number of hydrogen-bond acceptors (Lipinski definition) is 7. The van der Waals surface area contributed by atoms with Crippen LogP contribution in [0.15, 0.2) is 17.3 Å². The number of nitrogens with zero attached hydrogens (tertiary/aromatic N) is 3. The first-order chi connectivity index (χ1) is 11.2. The van der Waals surface area contributed by atoms with Crippen LogP contribution in [0.2, 0.25) is 0 Å². The Kier molecular flexibility index (Phi) is 4.28. The van der Waals surface area contributed by atoms with Crippen LogP contribution in [0.5, 0.6) is 17.2 Å². The Labute approximate surface area is 137 Å². The van der Waals surface area contributed by atoms with Crippen molar-refractivity contribution in [1.29, 1.82) is 0 Å². The van der Waals surface area contributed by atoms with Gasteiger partial charge in [0.25, 0.3) is 5.91 Å². The van der Waals surface area contributed by atoms with E-state index in [1.165, 1.54) is 21.3 Å². The van der Waals surface area contributed by atoms with E-state index in [0.29, 0.717) is 28.8 Å². The number of fused-ring (bicyclic) bond motifs is 1. The lowest BCUT2D eigenvalue weighted by Gasteiger charge is -2.14. The third-order valence-corrected chi connectivity index (χ3v) is 4.36. The fraction of sp³-hybridized carbons (Fsp3) is 0.357. The number of aromatic nitrogens is 3. The summed E-state index contributed by atoms with van der Waals surface area (Å²) in [5, 5.41) is 11.6. The molecule has 1 aromatic carbocycles. The number of thioether (sulfide) groups is 1. The Morgan fingerprint density at radius 1 is 1.17 bits per heavy atom. The number of amides is 1. The molecule has 8 nitrogen and oxygen atoms in total. The van der Waals surface area contributed by atoms with Crippen molar-refractivity contribution in [2.45, 2.75) is 11.7 Å². The van der Waals surface area contributed by atoms with Crippen LogP contribution in [0, 0.1) is 0 Å². The van der Waals surface area contributed by atoms with Crippen molar-refractivity contribution in [1.82, 2.24) is 14.8 Å². The molecule has 3 rings (SSSR count). The third kappa shape index (κ3) is 2.79. The van der Waals surface area contributed by atoms with Crippen molar-refractivity contribution in [3.05, 3.63) is 17.7 Å². The molecular weight excluding hydrogens is 320 g/mol. The summed E-state index contributed by atoms with van der Waals surface area (Å²) in [6, 6.07) is 3.18. The molecule has 1 aliphatic rings. The van der Waals surface area contributed by atoms with Gasteiger partial charge in [0.15, 0.2) is 16.7 Å². The first-order valence-electron chi connectivity index (χ1n) is 6.85. The Morgan fingerprint density at radius 3 is 2.48 bits per heavy atom.